The number of carbonyl (C=O) groups excluding carboxylic acids is 1. The molecule has 0 unspecified atom stereocenters. The Balaban J connectivity index is 1.98. The second kappa shape index (κ2) is 16.1. The Morgan fingerprint density at radius 3 is 2.03 bits per heavy atom. The van der Waals surface area contributed by atoms with Crippen molar-refractivity contribution < 1.29 is 19.1 Å². The fourth-order valence-corrected chi connectivity index (χ4v) is 3.41. The van der Waals surface area contributed by atoms with Crippen molar-refractivity contribution in [2.24, 2.45) is 0 Å². The zero-order valence-electron chi connectivity index (χ0n) is 18.9. The average molecular weight is 407 g/mol. The van der Waals surface area contributed by atoms with E-state index in [9.17, 15) is 9.90 Å². The third kappa shape index (κ3) is 11.2. The largest absolute Gasteiger partial charge is 0.502 e. The predicted molar refractivity (Wildman–Crippen MR) is 120 cm³/mol. The van der Waals surface area contributed by atoms with Crippen molar-refractivity contribution in [3.63, 3.8) is 0 Å². The number of ether oxygens (including phenoxy) is 1. The number of hydrogen-bond donors (Lipinski definition) is 1. The normalized spacial score (nSPS) is 11.4. The van der Waals surface area contributed by atoms with E-state index in [1.807, 2.05) is 6.92 Å². The Hall–Kier alpha value is -1.71. The van der Waals surface area contributed by atoms with Crippen LogP contribution in [0.4, 0.5) is 0 Å². The molecule has 1 N–H and O–H groups in total. The lowest BCUT2D eigenvalue weighted by atomic mass is 10.1. The van der Waals surface area contributed by atoms with Crippen LogP contribution >= 0.6 is 0 Å². The number of aromatic hydroxyl groups is 1. The number of unbranched alkanes of at least 4 members (excludes halogenated alkanes) is 11. The molecule has 4 nitrogen and oxygen atoms in total. The molecule has 1 heterocycles. The quantitative estimate of drug-likeness (QED) is 0.163. The summed E-state index contributed by atoms with van der Waals surface area (Å²) in [5.41, 5.74) is 0. The molecule has 0 bridgehead atoms. The van der Waals surface area contributed by atoms with Crippen LogP contribution in [0.3, 0.4) is 0 Å². The van der Waals surface area contributed by atoms with Crippen LogP contribution in [0.25, 0.3) is 0 Å². The average Bonchev–Trinajstić information content (AvgIpc) is 2.98. The molecular weight excluding hydrogens is 364 g/mol. The number of carbonyl (C=O) groups is 1. The van der Waals surface area contributed by atoms with E-state index in [-0.39, 0.29) is 17.5 Å². The van der Waals surface area contributed by atoms with E-state index in [0.717, 1.165) is 25.7 Å². The van der Waals surface area contributed by atoms with E-state index < -0.39 is 0 Å². The van der Waals surface area contributed by atoms with Gasteiger partial charge in [-0.1, -0.05) is 77.4 Å². The van der Waals surface area contributed by atoms with Crippen LogP contribution in [-0.2, 0) is 11.2 Å². The van der Waals surface area contributed by atoms with Gasteiger partial charge < -0.3 is 14.3 Å². The van der Waals surface area contributed by atoms with Gasteiger partial charge in [-0.15, -0.1) is 0 Å². The summed E-state index contributed by atoms with van der Waals surface area (Å²) in [6.07, 6.45) is 21.6. The van der Waals surface area contributed by atoms with Gasteiger partial charge in [-0.05, 0) is 39.0 Å². The summed E-state index contributed by atoms with van der Waals surface area (Å²) >= 11 is 0. The summed E-state index contributed by atoms with van der Waals surface area (Å²) in [5, 5.41) is 9.93. The molecule has 0 aromatic carbocycles. The van der Waals surface area contributed by atoms with E-state index in [1.165, 1.54) is 57.8 Å². The van der Waals surface area contributed by atoms with Gasteiger partial charge in [0.2, 0.25) is 11.5 Å². The molecule has 0 amide bonds. The maximum absolute atomic E-state index is 12.0. The zero-order valence-corrected chi connectivity index (χ0v) is 18.9. The highest BCUT2D eigenvalue weighted by Gasteiger charge is 2.20. The molecule has 0 aliphatic rings. The van der Waals surface area contributed by atoms with E-state index in [0.29, 0.717) is 24.4 Å². The van der Waals surface area contributed by atoms with Gasteiger partial charge in [-0.3, -0.25) is 4.79 Å². The number of furan rings is 1. The lowest BCUT2D eigenvalue weighted by Crippen LogP contribution is -2.08. The van der Waals surface area contributed by atoms with Gasteiger partial charge in [0.25, 0.3) is 0 Å². The molecule has 0 aliphatic carbocycles. The SMILES string of the molecule is CCCCCCCCC=CCCCCCCCC(=O)Oc1c(CC)oc(C)c1O. The monoisotopic (exact) mass is 406 g/mol. The summed E-state index contributed by atoms with van der Waals surface area (Å²) in [7, 11) is 0. The maximum Gasteiger partial charge on any atom is 0.311 e. The molecule has 1 rings (SSSR count). The van der Waals surface area contributed by atoms with E-state index in [1.54, 1.807) is 6.92 Å². The summed E-state index contributed by atoms with van der Waals surface area (Å²) in [4.78, 5) is 12.0. The van der Waals surface area contributed by atoms with Crippen LogP contribution in [-0.4, -0.2) is 11.1 Å². The van der Waals surface area contributed by atoms with Crippen molar-refractivity contribution in [1.82, 2.24) is 0 Å². The molecule has 0 saturated carbocycles. The number of hydrogen-bond acceptors (Lipinski definition) is 4. The smallest absolute Gasteiger partial charge is 0.311 e. The van der Waals surface area contributed by atoms with E-state index >= 15 is 0 Å². The maximum atomic E-state index is 12.0. The molecule has 166 valence electrons. The van der Waals surface area contributed by atoms with Gasteiger partial charge in [0.1, 0.15) is 5.76 Å². The molecule has 29 heavy (non-hydrogen) atoms. The van der Waals surface area contributed by atoms with Crippen LogP contribution in [0.1, 0.15) is 115 Å². The summed E-state index contributed by atoms with van der Waals surface area (Å²) in [5.74, 6) is 0.763. The Kier molecular flexibility index (Phi) is 14.1. The molecule has 0 atom stereocenters. The molecule has 0 radical (unpaired) electrons. The Labute approximate surface area is 177 Å². The highest BCUT2D eigenvalue weighted by atomic mass is 16.6. The van der Waals surface area contributed by atoms with Crippen molar-refractivity contribution in [1.29, 1.82) is 0 Å². The molecule has 1 aromatic heterocycles. The number of esters is 1. The second-order valence-corrected chi connectivity index (χ2v) is 7.92. The van der Waals surface area contributed by atoms with Crippen molar-refractivity contribution in [2.75, 3.05) is 0 Å². The van der Waals surface area contributed by atoms with Gasteiger partial charge in [-0.25, -0.2) is 0 Å². The molecule has 0 fully saturated rings. The van der Waals surface area contributed by atoms with Gasteiger partial charge in [0, 0.05) is 12.8 Å². The lowest BCUT2D eigenvalue weighted by Gasteiger charge is -2.04. The molecule has 0 saturated heterocycles. The number of allylic oxidation sites excluding steroid dienone is 2. The Morgan fingerprint density at radius 2 is 1.45 bits per heavy atom. The molecular formula is C25H42O4. The van der Waals surface area contributed by atoms with Gasteiger partial charge in [-0.2, -0.15) is 0 Å². The van der Waals surface area contributed by atoms with Crippen molar-refractivity contribution in [2.45, 2.75) is 117 Å². The molecule has 0 spiro atoms. The van der Waals surface area contributed by atoms with Crippen LogP contribution in [0.2, 0.25) is 0 Å². The van der Waals surface area contributed by atoms with Crippen molar-refractivity contribution in [3.8, 4) is 11.5 Å². The topological polar surface area (TPSA) is 59.7 Å². The first-order chi connectivity index (χ1) is 14.1. The lowest BCUT2D eigenvalue weighted by molar-refractivity contribution is -0.134. The van der Waals surface area contributed by atoms with Crippen molar-refractivity contribution >= 4 is 5.97 Å². The van der Waals surface area contributed by atoms with Crippen LogP contribution < -0.4 is 4.74 Å². The number of rotatable bonds is 17. The van der Waals surface area contributed by atoms with E-state index in [4.69, 9.17) is 9.15 Å². The summed E-state index contributed by atoms with van der Waals surface area (Å²) < 4.78 is 10.7. The minimum absolute atomic E-state index is 0.0558. The number of aryl methyl sites for hydroxylation is 2. The molecule has 4 heteroatoms. The summed E-state index contributed by atoms with van der Waals surface area (Å²) in [6.45, 7) is 5.82. The van der Waals surface area contributed by atoms with Crippen molar-refractivity contribution in [3.05, 3.63) is 23.7 Å². The molecule has 1 aromatic rings. The first-order valence-corrected chi connectivity index (χ1v) is 11.8. The van der Waals surface area contributed by atoms with Gasteiger partial charge in [0.15, 0.2) is 5.76 Å². The molecule has 0 aliphatic heterocycles. The standard InChI is InChI=1S/C25H42O4/c1-4-6-7-8-9-10-11-12-13-14-15-16-17-18-19-20-23(26)29-25-22(5-2)28-21(3)24(25)27/h12-13,27H,4-11,14-20H2,1-3H3. The first-order valence-electron chi connectivity index (χ1n) is 11.8. The highest BCUT2D eigenvalue weighted by Crippen LogP contribution is 2.37. The second-order valence-electron chi connectivity index (χ2n) is 7.92. The van der Waals surface area contributed by atoms with Gasteiger partial charge >= 0.3 is 5.97 Å². The Bertz CT molecular complexity index is 586. The van der Waals surface area contributed by atoms with Gasteiger partial charge in [0.05, 0.1) is 0 Å². The van der Waals surface area contributed by atoms with E-state index in [2.05, 4.69) is 19.1 Å². The third-order valence-electron chi connectivity index (χ3n) is 5.26. The first kappa shape index (κ1) is 25.3. The minimum atomic E-state index is -0.298. The predicted octanol–water partition coefficient (Wildman–Crippen LogP) is 7.80. The van der Waals surface area contributed by atoms with Crippen LogP contribution in [0, 0.1) is 6.92 Å². The van der Waals surface area contributed by atoms with Crippen LogP contribution in [0.15, 0.2) is 16.6 Å². The fourth-order valence-electron chi connectivity index (χ4n) is 3.41. The van der Waals surface area contributed by atoms with Crippen LogP contribution in [0.5, 0.6) is 11.5 Å². The Morgan fingerprint density at radius 1 is 0.897 bits per heavy atom. The third-order valence-corrected chi connectivity index (χ3v) is 5.26. The fraction of sp³-hybridized carbons (Fsp3) is 0.720. The highest BCUT2D eigenvalue weighted by molar-refractivity contribution is 5.73. The zero-order chi connectivity index (χ0) is 21.3. The minimum Gasteiger partial charge on any atom is -0.502 e. The summed E-state index contributed by atoms with van der Waals surface area (Å²) in [6, 6.07) is 0.